The van der Waals surface area contributed by atoms with Gasteiger partial charge in [0.15, 0.2) is 5.96 Å². The Kier molecular flexibility index (Phi) is 14.8. The van der Waals surface area contributed by atoms with Gasteiger partial charge in [-0.15, -0.1) is 24.0 Å². The Morgan fingerprint density at radius 1 is 1.07 bits per heavy atom. The summed E-state index contributed by atoms with van der Waals surface area (Å²) >= 11 is 0. The third-order valence-corrected chi connectivity index (χ3v) is 4.60. The molecule has 1 amide bonds. The molecule has 0 radical (unpaired) electrons. The molecule has 160 valence electrons. The molecule has 0 atom stereocenters. The Balaban J connectivity index is 0.00000729. The lowest BCUT2D eigenvalue weighted by molar-refractivity contribution is 0.0827. The number of aliphatic imine (C=N–C) groups is 1. The van der Waals surface area contributed by atoms with Crippen molar-refractivity contribution in [1.29, 1.82) is 0 Å². The van der Waals surface area contributed by atoms with Gasteiger partial charge in [0.05, 0.1) is 0 Å². The number of carbonyl (C=O) groups is 1. The number of carbonyl (C=O) groups excluding carboxylic acids is 1. The van der Waals surface area contributed by atoms with Crippen molar-refractivity contribution in [2.24, 2.45) is 4.99 Å². The molecule has 0 aliphatic rings. The number of nitrogens with one attached hydrogen (secondary N) is 2. The molecule has 28 heavy (non-hydrogen) atoms. The van der Waals surface area contributed by atoms with Gasteiger partial charge in [-0.3, -0.25) is 9.79 Å². The van der Waals surface area contributed by atoms with E-state index in [-0.39, 0.29) is 29.9 Å². The van der Waals surface area contributed by atoms with Gasteiger partial charge in [0.2, 0.25) is 0 Å². The predicted octanol–water partition coefficient (Wildman–Crippen LogP) is 2.84. The number of halogens is 1. The van der Waals surface area contributed by atoms with Crippen molar-refractivity contribution in [2.45, 2.75) is 33.1 Å². The predicted molar refractivity (Wildman–Crippen MR) is 130 cm³/mol. The average molecular weight is 503 g/mol. The number of unbranched alkanes of at least 4 members (excludes halogenated alkanes) is 1. The molecule has 0 saturated carbocycles. The van der Waals surface area contributed by atoms with Crippen molar-refractivity contribution in [3.63, 3.8) is 0 Å². The van der Waals surface area contributed by atoms with Crippen LogP contribution in [0.2, 0.25) is 0 Å². The molecule has 0 aliphatic heterocycles. The Morgan fingerprint density at radius 2 is 1.75 bits per heavy atom. The van der Waals surface area contributed by atoms with E-state index >= 15 is 0 Å². The largest absolute Gasteiger partial charge is 0.356 e. The summed E-state index contributed by atoms with van der Waals surface area (Å²) in [6.45, 7) is 9.51. The lowest BCUT2D eigenvalue weighted by atomic mass is 10.1. The summed E-state index contributed by atoms with van der Waals surface area (Å²) < 4.78 is 0. The summed E-state index contributed by atoms with van der Waals surface area (Å²) in [6.07, 6.45) is 3.17. The van der Waals surface area contributed by atoms with Crippen LogP contribution in [-0.4, -0.2) is 75.5 Å². The SMILES string of the molecule is CCN(CC)CCCCNC(=NC)NCCc1cccc(C(=O)N(C)C)c1.I. The maximum absolute atomic E-state index is 12.1. The van der Waals surface area contributed by atoms with Crippen LogP contribution in [0, 0.1) is 0 Å². The van der Waals surface area contributed by atoms with E-state index in [0.29, 0.717) is 0 Å². The van der Waals surface area contributed by atoms with E-state index in [2.05, 4.69) is 40.4 Å². The smallest absolute Gasteiger partial charge is 0.253 e. The summed E-state index contributed by atoms with van der Waals surface area (Å²) in [7, 11) is 5.34. The minimum atomic E-state index is 0. The Morgan fingerprint density at radius 3 is 2.36 bits per heavy atom. The quantitative estimate of drug-likeness (QED) is 0.211. The zero-order chi connectivity index (χ0) is 20.1. The Labute approximate surface area is 188 Å². The number of guanidine groups is 1. The molecule has 0 aromatic heterocycles. The molecule has 0 heterocycles. The monoisotopic (exact) mass is 503 g/mol. The van der Waals surface area contributed by atoms with Crippen molar-refractivity contribution in [3.05, 3.63) is 35.4 Å². The second-order valence-electron chi connectivity index (χ2n) is 6.81. The lowest BCUT2D eigenvalue weighted by Crippen LogP contribution is -2.39. The van der Waals surface area contributed by atoms with Gasteiger partial charge in [-0.25, -0.2) is 0 Å². The Bertz CT molecular complexity index is 588. The highest BCUT2D eigenvalue weighted by molar-refractivity contribution is 14.0. The molecule has 1 aromatic rings. The van der Waals surface area contributed by atoms with Gasteiger partial charge in [-0.2, -0.15) is 0 Å². The van der Waals surface area contributed by atoms with Crippen LogP contribution in [0.15, 0.2) is 29.3 Å². The fraction of sp³-hybridized carbons (Fsp3) is 0.619. The molecule has 7 heteroatoms. The first kappa shape index (κ1) is 26.6. The highest BCUT2D eigenvalue weighted by Crippen LogP contribution is 2.07. The van der Waals surface area contributed by atoms with Crippen LogP contribution < -0.4 is 10.6 Å². The minimum Gasteiger partial charge on any atom is -0.356 e. The van der Waals surface area contributed by atoms with E-state index in [0.717, 1.165) is 62.7 Å². The average Bonchev–Trinajstić information content (AvgIpc) is 2.68. The van der Waals surface area contributed by atoms with Crippen molar-refractivity contribution >= 4 is 35.8 Å². The van der Waals surface area contributed by atoms with Crippen molar-refractivity contribution in [1.82, 2.24) is 20.4 Å². The van der Waals surface area contributed by atoms with Crippen molar-refractivity contribution < 1.29 is 4.79 Å². The van der Waals surface area contributed by atoms with Crippen LogP contribution >= 0.6 is 24.0 Å². The molecule has 0 spiro atoms. The van der Waals surface area contributed by atoms with E-state index in [4.69, 9.17) is 0 Å². The molecule has 1 rings (SSSR count). The maximum atomic E-state index is 12.1. The number of hydrogen-bond donors (Lipinski definition) is 2. The standard InChI is InChI=1S/C21H37N5O.HI/c1-6-26(7-2)16-9-8-14-23-21(22-3)24-15-13-18-11-10-12-19(17-18)20(27)25(4)5;/h10-12,17H,6-9,13-16H2,1-5H3,(H2,22,23,24);1H. The van der Waals surface area contributed by atoms with Gasteiger partial charge in [0, 0.05) is 39.8 Å². The van der Waals surface area contributed by atoms with E-state index in [1.54, 1.807) is 26.0 Å². The zero-order valence-electron chi connectivity index (χ0n) is 18.1. The van der Waals surface area contributed by atoms with Gasteiger partial charge < -0.3 is 20.4 Å². The number of nitrogens with zero attached hydrogens (tertiary/aromatic N) is 3. The topological polar surface area (TPSA) is 60.0 Å². The van der Waals surface area contributed by atoms with E-state index in [1.807, 2.05) is 18.2 Å². The van der Waals surface area contributed by atoms with Crippen LogP contribution in [0.25, 0.3) is 0 Å². The van der Waals surface area contributed by atoms with E-state index < -0.39 is 0 Å². The molecule has 0 aliphatic carbocycles. The number of hydrogen-bond acceptors (Lipinski definition) is 3. The molecule has 0 fully saturated rings. The summed E-state index contributed by atoms with van der Waals surface area (Å²) in [4.78, 5) is 20.4. The molecule has 0 saturated heterocycles. The second kappa shape index (κ2) is 15.6. The first-order chi connectivity index (χ1) is 13.0. The minimum absolute atomic E-state index is 0. The van der Waals surface area contributed by atoms with E-state index in [1.165, 1.54) is 6.42 Å². The molecule has 2 N–H and O–H groups in total. The fourth-order valence-corrected chi connectivity index (χ4v) is 2.87. The first-order valence-corrected chi connectivity index (χ1v) is 9.99. The molecule has 0 unspecified atom stereocenters. The third kappa shape index (κ3) is 10.3. The van der Waals surface area contributed by atoms with Gasteiger partial charge >= 0.3 is 0 Å². The van der Waals surface area contributed by atoms with Crippen LogP contribution in [0.1, 0.15) is 42.6 Å². The molecule has 6 nitrogen and oxygen atoms in total. The molecule has 0 bridgehead atoms. The van der Waals surface area contributed by atoms with Crippen LogP contribution in [0.5, 0.6) is 0 Å². The summed E-state index contributed by atoms with van der Waals surface area (Å²) in [5.74, 6) is 0.866. The highest BCUT2D eigenvalue weighted by atomic mass is 127. The third-order valence-electron chi connectivity index (χ3n) is 4.60. The molecular weight excluding hydrogens is 465 g/mol. The zero-order valence-corrected chi connectivity index (χ0v) is 20.5. The number of rotatable bonds is 11. The van der Waals surface area contributed by atoms with Gasteiger partial charge in [0.25, 0.3) is 5.91 Å². The van der Waals surface area contributed by atoms with E-state index in [9.17, 15) is 4.79 Å². The molecule has 1 aromatic carbocycles. The maximum Gasteiger partial charge on any atom is 0.253 e. The lowest BCUT2D eigenvalue weighted by Gasteiger charge is -2.18. The summed E-state index contributed by atoms with van der Waals surface area (Å²) in [5, 5.41) is 6.71. The number of benzene rings is 1. The summed E-state index contributed by atoms with van der Waals surface area (Å²) in [6, 6.07) is 7.82. The van der Waals surface area contributed by atoms with Gasteiger partial charge in [-0.1, -0.05) is 26.0 Å². The molecular formula is C21H38IN5O. The highest BCUT2D eigenvalue weighted by Gasteiger charge is 2.08. The number of amides is 1. The van der Waals surface area contributed by atoms with Crippen molar-refractivity contribution in [2.75, 3.05) is 53.9 Å². The Hall–Kier alpha value is -1.35. The van der Waals surface area contributed by atoms with Crippen LogP contribution in [0.3, 0.4) is 0 Å². The fourth-order valence-electron chi connectivity index (χ4n) is 2.87. The normalized spacial score (nSPS) is 11.1. The van der Waals surface area contributed by atoms with Gasteiger partial charge in [0.1, 0.15) is 0 Å². The summed E-state index contributed by atoms with van der Waals surface area (Å²) in [5.41, 5.74) is 1.87. The van der Waals surface area contributed by atoms with Crippen LogP contribution in [-0.2, 0) is 6.42 Å². The van der Waals surface area contributed by atoms with Gasteiger partial charge in [-0.05, 0) is 56.6 Å². The van der Waals surface area contributed by atoms with Crippen molar-refractivity contribution in [3.8, 4) is 0 Å². The first-order valence-electron chi connectivity index (χ1n) is 9.99. The van der Waals surface area contributed by atoms with Crippen LogP contribution in [0.4, 0.5) is 0 Å². The second-order valence-corrected chi connectivity index (χ2v) is 6.81.